The molecule has 1 aromatic carbocycles. The Kier molecular flexibility index (Phi) is 7.10. The molecule has 0 aliphatic carbocycles. The first-order chi connectivity index (χ1) is 13.0. The summed E-state index contributed by atoms with van der Waals surface area (Å²) in [6, 6.07) is 6.56. The van der Waals surface area contributed by atoms with E-state index in [0.717, 1.165) is 18.4 Å². The highest BCUT2D eigenvalue weighted by atomic mass is 16.2. The van der Waals surface area contributed by atoms with Crippen molar-refractivity contribution < 1.29 is 9.59 Å². The Morgan fingerprint density at radius 1 is 1.19 bits per heavy atom. The highest BCUT2D eigenvalue weighted by Crippen LogP contribution is 2.19. The number of anilines is 3. The molecule has 0 fully saturated rings. The van der Waals surface area contributed by atoms with E-state index < -0.39 is 0 Å². The van der Waals surface area contributed by atoms with Gasteiger partial charge in [-0.3, -0.25) is 9.69 Å². The van der Waals surface area contributed by atoms with E-state index in [1.807, 2.05) is 13.0 Å². The standard InChI is InChI=1S/C19H26N6O2/c1-5-6-9-21-18(26)14-8-7-13(2)15(10-14)24-19(27)25(4)17-11-16(20-3)22-12-23-17/h7-8,10-12H,5-6,9H2,1-4H3,(H,21,26)(H,24,27)(H,20,22,23). The normalized spacial score (nSPS) is 10.2. The number of carbonyl (C=O) groups excluding carboxylic acids is 2. The number of aromatic nitrogens is 2. The molecule has 8 heteroatoms. The molecule has 27 heavy (non-hydrogen) atoms. The summed E-state index contributed by atoms with van der Waals surface area (Å²) in [5.41, 5.74) is 1.95. The van der Waals surface area contributed by atoms with Gasteiger partial charge < -0.3 is 16.0 Å². The second kappa shape index (κ2) is 9.51. The summed E-state index contributed by atoms with van der Waals surface area (Å²) in [5, 5.41) is 8.62. The molecule has 3 N–H and O–H groups in total. The Morgan fingerprint density at radius 2 is 1.96 bits per heavy atom. The molecule has 3 amide bonds. The zero-order valence-corrected chi connectivity index (χ0v) is 16.2. The first kappa shape index (κ1) is 20.2. The van der Waals surface area contributed by atoms with Gasteiger partial charge in [-0.25, -0.2) is 14.8 Å². The molecule has 8 nitrogen and oxygen atoms in total. The first-order valence-corrected chi connectivity index (χ1v) is 8.89. The Morgan fingerprint density at radius 3 is 2.67 bits per heavy atom. The summed E-state index contributed by atoms with van der Waals surface area (Å²) >= 11 is 0. The van der Waals surface area contributed by atoms with Gasteiger partial charge in [0.2, 0.25) is 0 Å². The van der Waals surface area contributed by atoms with Crippen molar-refractivity contribution in [3.8, 4) is 0 Å². The van der Waals surface area contributed by atoms with Crippen LogP contribution in [0.2, 0.25) is 0 Å². The summed E-state index contributed by atoms with van der Waals surface area (Å²) in [5.74, 6) is 0.918. The lowest BCUT2D eigenvalue weighted by atomic mass is 10.1. The fraction of sp³-hybridized carbons (Fsp3) is 0.368. The number of benzene rings is 1. The fourth-order valence-electron chi connectivity index (χ4n) is 2.35. The van der Waals surface area contributed by atoms with Crippen molar-refractivity contribution in [1.29, 1.82) is 0 Å². The maximum atomic E-state index is 12.6. The van der Waals surface area contributed by atoms with Gasteiger partial charge in [0.1, 0.15) is 18.0 Å². The molecule has 0 aliphatic rings. The monoisotopic (exact) mass is 370 g/mol. The summed E-state index contributed by atoms with van der Waals surface area (Å²) in [4.78, 5) is 34.4. The number of carbonyl (C=O) groups is 2. The fourth-order valence-corrected chi connectivity index (χ4v) is 2.35. The van der Waals surface area contributed by atoms with Crippen molar-refractivity contribution in [2.75, 3.05) is 36.2 Å². The van der Waals surface area contributed by atoms with E-state index in [0.29, 0.717) is 29.4 Å². The average molecular weight is 370 g/mol. The summed E-state index contributed by atoms with van der Waals surface area (Å²) in [6.07, 6.45) is 3.33. The second-order valence-electron chi connectivity index (χ2n) is 6.14. The van der Waals surface area contributed by atoms with Crippen molar-refractivity contribution in [2.45, 2.75) is 26.7 Å². The number of unbranched alkanes of at least 4 members (excludes halogenated alkanes) is 1. The van der Waals surface area contributed by atoms with E-state index in [-0.39, 0.29) is 11.9 Å². The van der Waals surface area contributed by atoms with E-state index in [1.165, 1.54) is 11.2 Å². The molecule has 144 valence electrons. The molecular weight excluding hydrogens is 344 g/mol. The Hall–Kier alpha value is -3.16. The molecule has 1 aromatic heterocycles. The quantitative estimate of drug-likeness (QED) is 0.651. The van der Waals surface area contributed by atoms with E-state index in [9.17, 15) is 9.59 Å². The van der Waals surface area contributed by atoms with Crippen LogP contribution in [-0.4, -0.2) is 42.5 Å². The Balaban J connectivity index is 2.12. The van der Waals surface area contributed by atoms with E-state index >= 15 is 0 Å². The second-order valence-corrected chi connectivity index (χ2v) is 6.14. The molecule has 0 saturated carbocycles. The van der Waals surface area contributed by atoms with E-state index in [4.69, 9.17) is 0 Å². The van der Waals surface area contributed by atoms with Gasteiger partial charge in [-0.1, -0.05) is 19.4 Å². The van der Waals surface area contributed by atoms with Crippen LogP contribution < -0.4 is 20.9 Å². The number of aryl methyl sites for hydroxylation is 1. The van der Waals surface area contributed by atoms with Gasteiger partial charge >= 0.3 is 6.03 Å². The lowest BCUT2D eigenvalue weighted by molar-refractivity contribution is 0.0953. The van der Waals surface area contributed by atoms with Gasteiger partial charge in [0.05, 0.1) is 0 Å². The topological polar surface area (TPSA) is 99.2 Å². The van der Waals surface area contributed by atoms with Gasteiger partial charge in [-0.2, -0.15) is 0 Å². The van der Waals surface area contributed by atoms with Crippen LogP contribution in [0.1, 0.15) is 35.7 Å². The zero-order chi connectivity index (χ0) is 19.8. The lowest BCUT2D eigenvalue weighted by Gasteiger charge is -2.18. The highest BCUT2D eigenvalue weighted by Gasteiger charge is 2.15. The molecule has 0 radical (unpaired) electrons. The average Bonchev–Trinajstić information content (AvgIpc) is 2.69. The molecule has 0 spiro atoms. The zero-order valence-electron chi connectivity index (χ0n) is 16.2. The number of rotatable bonds is 7. The molecular formula is C19H26N6O2. The molecule has 2 rings (SSSR count). The maximum absolute atomic E-state index is 12.6. The van der Waals surface area contributed by atoms with Gasteiger partial charge in [-0.15, -0.1) is 0 Å². The maximum Gasteiger partial charge on any atom is 0.327 e. The molecule has 1 heterocycles. The highest BCUT2D eigenvalue weighted by molar-refractivity contribution is 6.02. The van der Waals surface area contributed by atoms with Crippen molar-refractivity contribution in [3.05, 3.63) is 41.7 Å². The molecule has 0 bridgehead atoms. The number of nitrogens with zero attached hydrogens (tertiary/aromatic N) is 3. The van der Waals surface area contributed by atoms with Crippen LogP contribution in [0.3, 0.4) is 0 Å². The molecule has 0 aliphatic heterocycles. The van der Waals surface area contributed by atoms with Crippen LogP contribution in [0.5, 0.6) is 0 Å². The predicted molar refractivity (Wildman–Crippen MR) is 107 cm³/mol. The number of nitrogens with one attached hydrogen (secondary N) is 3. The van der Waals surface area contributed by atoms with Gasteiger partial charge in [0.25, 0.3) is 5.91 Å². The third-order valence-corrected chi connectivity index (χ3v) is 4.11. The summed E-state index contributed by atoms with van der Waals surface area (Å²) in [7, 11) is 3.36. The smallest absolute Gasteiger partial charge is 0.327 e. The minimum Gasteiger partial charge on any atom is -0.373 e. The summed E-state index contributed by atoms with van der Waals surface area (Å²) in [6.45, 7) is 4.58. The Labute approximate surface area is 159 Å². The molecule has 0 unspecified atom stereocenters. The third kappa shape index (κ3) is 5.40. The van der Waals surface area contributed by atoms with Gasteiger partial charge in [0.15, 0.2) is 0 Å². The SMILES string of the molecule is CCCCNC(=O)c1ccc(C)c(NC(=O)N(C)c2cc(NC)ncn2)c1. The van der Waals surface area contributed by atoms with Crippen LogP contribution in [0.15, 0.2) is 30.6 Å². The molecule has 2 aromatic rings. The van der Waals surface area contributed by atoms with Crippen molar-refractivity contribution in [3.63, 3.8) is 0 Å². The van der Waals surface area contributed by atoms with Crippen LogP contribution in [0.4, 0.5) is 22.1 Å². The minimum atomic E-state index is -0.359. The van der Waals surface area contributed by atoms with Crippen molar-refractivity contribution >= 4 is 29.3 Å². The summed E-state index contributed by atoms with van der Waals surface area (Å²) < 4.78 is 0. The number of hydrogen-bond donors (Lipinski definition) is 3. The van der Waals surface area contributed by atoms with Crippen molar-refractivity contribution in [1.82, 2.24) is 15.3 Å². The number of urea groups is 1. The predicted octanol–water partition coefficient (Wildman–Crippen LogP) is 3.02. The lowest BCUT2D eigenvalue weighted by Crippen LogP contribution is -2.32. The van der Waals surface area contributed by atoms with E-state index in [1.54, 1.807) is 32.3 Å². The minimum absolute atomic E-state index is 0.151. The molecule has 0 saturated heterocycles. The Bertz CT molecular complexity index is 809. The third-order valence-electron chi connectivity index (χ3n) is 4.11. The molecule has 0 atom stereocenters. The van der Waals surface area contributed by atoms with Crippen LogP contribution >= 0.6 is 0 Å². The van der Waals surface area contributed by atoms with Crippen LogP contribution in [0, 0.1) is 6.92 Å². The largest absolute Gasteiger partial charge is 0.373 e. The van der Waals surface area contributed by atoms with Gasteiger partial charge in [0, 0.05) is 38.0 Å². The number of hydrogen-bond acceptors (Lipinski definition) is 5. The van der Waals surface area contributed by atoms with Crippen LogP contribution in [0.25, 0.3) is 0 Å². The first-order valence-electron chi connectivity index (χ1n) is 8.89. The number of amides is 3. The van der Waals surface area contributed by atoms with Crippen LogP contribution in [-0.2, 0) is 0 Å². The van der Waals surface area contributed by atoms with Gasteiger partial charge in [-0.05, 0) is 31.0 Å². The van der Waals surface area contributed by atoms with Crippen molar-refractivity contribution in [2.24, 2.45) is 0 Å². The van der Waals surface area contributed by atoms with E-state index in [2.05, 4.69) is 32.8 Å².